The number of nitrogens with one attached hydrogen (secondary N) is 2. The van der Waals surface area contributed by atoms with Crippen LogP contribution in [0, 0.1) is 3.57 Å². The van der Waals surface area contributed by atoms with E-state index in [9.17, 15) is 14.4 Å². The Morgan fingerprint density at radius 3 is 2.57 bits per heavy atom. The molecule has 3 amide bonds. The molecule has 7 aromatic rings. The molecule has 1 unspecified atom stereocenters. The van der Waals surface area contributed by atoms with Gasteiger partial charge in [0.1, 0.15) is 42.8 Å². The summed E-state index contributed by atoms with van der Waals surface area (Å²) in [7, 11) is 0. The Hall–Kier alpha value is -5.76. The zero-order valence-electron chi connectivity index (χ0n) is 36.6. The number of rotatable bonds is 24. The van der Waals surface area contributed by atoms with Gasteiger partial charge in [0.05, 0.1) is 44.2 Å². The average molecular weight is 1130 g/mol. The number of amides is 3. The highest BCUT2D eigenvalue weighted by molar-refractivity contribution is 14.1. The summed E-state index contributed by atoms with van der Waals surface area (Å²) in [6.45, 7) is 2.49. The molecule has 8 rings (SSSR count). The van der Waals surface area contributed by atoms with Crippen LogP contribution >= 0.6 is 68.9 Å². The van der Waals surface area contributed by atoms with E-state index in [1.54, 1.807) is 30.5 Å². The molecule has 0 bridgehead atoms. The lowest BCUT2D eigenvalue weighted by Gasteiger charge is -2.30. The Balaban J connectivity index is 0.755. The maximum atomic E-state index is 13.7. The first-order chi connectivity index (χ1) is 33.6. The topological polar surface area (TPSA) is 225 Å². The number of halogens is 3. The monoisotopic (exact) mass is 1130 g/mol. The number of hydrogen-bond donors (Lipinski definition) is 3. The minimum absolute atomic E-state index is 0.00874. The van der Waals surface area contributed by atoms with Crippen LogP contribution < -0.4 is 35.5 Å². The van der Waals surface area contributed by atoms with Gasteiger partial charge in [-0.2, -0.15) is 0 Å². The third-order valence-electron chi connectivity index (χ3n) is 10.3. The third kappa shape index (κ3) is 12.9. The number of aromatic nitrogens is 7. The molecule has 19 nitrogen and oxygen atoms in total. The quantitative estimate of drug-likeness (QED) is 0.0343. The van der Waals surface area contributed by atoms with Crippen molar-refractivity contribution in [2.75, 3.05) is 62.8 Å². The van der Waals surface area contributed by atoms with Crippen molar-refractivity contribution in [1.82, 2.24) is 45.1 Å². The van der Waals surface area contributed by atoms with Crippen molar-refractivity contribution in [3.63, 3.8) is 0 Å². The van der Waals surface area contributed by atoms with Crippen molar-refractivity contribution >= 4 is 109 Å². The summed E-state index contributed by atoms with van der Waals surface area (Å²) in [6, 6.07) is 21.1. The predicted octanol–water partition coefficient (Wildman–Crippen LogP) is 6.30. The van der Waals surface area contributed by atoms with Gasteiger partial charge in [0, 0.05) is 32.1 Å². The summed E-state index contributed by atoms with van der Waals surface area (Å²) in [5.41, 5.74) is 9.13. The molecule has 24 heteroatoms. The Bertz CT molecular complexity index is 2880. The number of alkyl halides is 1. The molecular weight excluding hydrogens is 1080 g/mol. The molecule has 0 radical (unpaired) electrons. The van der Waals surface area contributed by atoms with E-state index in [4.69, 9.17) is 57.6 Å². The number of nitrogens with zero attached hydrogens (tertiary/aromatic N) is 8. The van der Waals surface area contributed by atoms with Gasteiger partial charge in [0.25, 0.3) is 0 Å². The van der Waals surface area contributed by atoms with Gasteiger partial charge in [-0.05, 0) is 76.4 Å². The fourth-order valence-electron chi connectivity index (χ4n) is 7.02. The molecule has 3 aromatic carbocycles. The third-order valence-corrected chi connectivity index (χ3v) is 14.0. The van der Waals surface area contributed by atoms with E-state index in [1.807, 2.05) is 58.5 Å². The molecule has 0 saturated carbocycles. The number of carbonyl (C=O) groups is 3. The zero-order chi connectivity index (χ0) is 48.1. The van der Waals surface area contributed by atoms with Crippen LogP contribution in [-0.4, -0.2) is 104 Å². The van der Waals surface area contributed by atoms with Crippen molar-refractivity contribution in [2.24, 2.45) is 0 Å². The fraction of sp³-hybridized carbons (Fsp3) is 0.289. The summed E-state index contributed by atoms with van der Waals surface area (Å²) in [4.78, 5) is 56.0. The van der Waals surface area contributed by atoms with Gasteiger partial charge in [-0.3, -0.25) is 19.3 Å². The normalized spacial score (nSPS) is 12.3. The molecule has 0 aliphatic carbocycles. The molecule has 69 heavy (non-hydrogen) atoms. The number of fused-ring (bicyclic) bond motifs is 2. The Morgan fingerprint density at radius 2 is 1.78 bits per heavy atom. The van der Waals surface area contributed by atoms with E-state index in [0.717, 1.165) is 14.0 Å². The van der Waals surface area contributed by atoms with E-state index in [0.29, 0.717) is 89.2 Å². The van der Waals surface area contributed by atoms with Crippen LogP contribution in [0.3, 0.4) is 0 Å². The van der Waals surface area contributed by atoms with E-state index in [1.165, 1.54) is 39.0 Å². The second-order valence-corrected chi connectivity index (χ2v) is 18.8. The molecule has 0 saturated heterocycles. The number of hydrogen-bond acceptors (Lipinski definition) is 16. The summed E-state index contributed by atoms with van der Waals surface area (Å²) in [5.74, 6) is 0.494. The van der Waals surface area contributed by atoms with Crippen molar-refractivity contribution < 1.29 is 38.1 Å². The SMILES string of the molecule is Nc1ncnc2c1nc(Sc1cc3c(cc1I)OCO3)n2CCOCCOCCNC(=O)Cn1cc(COc2ccc(N(C(=O)CCl)C(C(=O)NCCc3ccccc3)c3cccs3)cc2Cl)nn1. The van der Waals surface area contributed by atoms with Crippen LogP contribution in [0.25, 0.3) is 11.2 Å². The maximum Gasteiger partial charge on any atom is 0.248 e. The van der Waals surface area contributed by atoms with Crippen LogP contribution in [0.2, 0.25) is 5.02 Å². The number of ether oxygens (including phenoxy) is 5. The van der Waals surface area contributed by atoms with Crippen LogP contribution in [0.4, 0.5) is 11.5 Å². The Morgan fingerprint density at radius 1 is 0.971 bits per heavy atom. The predicted molar refractivity (Wildman–Crippen MR) is 268 cm³/mol. The first-order valence-electron chi connectivity index (χ1n) is 21.4. The van der Waals surface area contributed by atoms with Crippen molar-refractivity contribution in [1.29, 1.82) is 0 Å². The molecule has 1 aliphatic rings. The smallest absolute Gasteiger partial charge is 0.248 e. The molecule has 5 heterocycles. The number of thiophene rings is 1. The summed E-state index contributed by atoms with van der Waals surface area (Å²) < 4.78 is 32.9. The van der Waals surface area contributed by atoms with E-state index in [-0.39, 0.29) is 61.6 Å². The summed E-state index contributed by atoms with van der Waals surface area (Å²) >= 11 is 17.8. The van der Waals surface area contributed by atoms with Crippen molar-refractivity contribution in [3.8, 4) is 17.2 Å². The van der Waals surface area contributed by atoms with E-state index in [2.05, 4.69) is 53.5 Å². The molecule has 0 spiro atoms. The highest BCUT2D eigenvalue weighted by Crippen LogP contribution is 2.42. The molecule has 0 fully saturated rings. The van der Waals surface area contributed by atoms with E-state index < -0.39 is 11.9 Å². The lowest BCUT2D eigenvalue weighted by atomic mass is 10.1. The number of benzene rings is 3. The fourth-order valence-corrected chi connectivity index (χ4v) is 9.90. The molecule has 360 valence electrons. The van der Waals surface area contributed by atoms with Gasteiger partial charge in [-0.1, -0.05) is 65.0 Å². The Labute approximate surface area is 427 Å². The molecule has 4 aromatic heterocycles. The average Bonchev–Trinajstić information content (AvgIpc) is 4.19. The number of nitrogen functional groups attached to an aromatic ring is 1. The first kappa shape index (κ1) is 49.7. The van der Waals surface area contributed by atoms with Gasteiger partial charge in [0.2, 0.25) is 24.5 Å². The second kappa shape index (κ2) is 24.2. The van der Waals surface area contributed by atoms with Crippen molar-refractivity contribution in [3.05, 3.63) is 115 Å². The number of anilines is 2. The van der Waals surface area contributed by atoms with Gasteiger partial charge in [-0.15, -0.1) is 28.0 Å². The maximum absolute atomic E-state index is 13.7. The standard InChI is InChI=1S/C45H44Cl2IN11O8S2/c46-22-39(61)59(41(36-7-4-18-68-36)44(62)51-11-10-28-5-2-1-3-6-28)30-8-9-33(31(47)19-30)65-25-29-23-57(56-55-29)24-38(60)50-12-14-63-16-17-64-15-13-58-43-40(42(49)52-26-53-43)54-45(58)69-37-21-35-34(20-32(37)48)66-27-67-35/h1-9,18-21,23,26,41H,10-17,22,24-25,27H2,(H,50,60)(H,51,62)(H2,49,52,53). The van der Waals surface area contributed by atoms with Crippen LogP contribution in [0.15, 0.2) is 101 Å². The van der Waals surface area contributed by atoms with Crippen LogP contribution in [0.1, 0.15) is 22.2 Å². The van der Waals surface area contributed by atoms with Crippen LogP contribution in [-0.2, 0) is 50.0 Å². The molecule has 1 atom stereocenters. The van der Waals surface area contributed by atoms with Gasteiger partial charge >= 0.3 is 0 Å². The van der Waals surface area contributed by atoms with Crippen LogP contribution in [0.5, 0.6) is 17.2 Å². The summed E-state index contributed by atoms with van der Waals surface area (Å²) in [6.07, 6.45) is 3.62. The molecule has 1 aliphatic heterocycles. The first-order valence-corrected chi connectivity index (χ1v) is 25.0. The minimum atomic E-state index is -0.988. The largest absolute Gasteiger partial charge is 0.486 e. The number of carbonyl (C=O) groups excluding carboxylic acids is 3. The lowest BCUT2D eigenvalue weighted by Crippen LogP contribution is -2.44. The zero-order valence-corrected chi connectivity index (χ0v) is 41.9. The van der Waals surface area contributed by atoms with Gasteiger partial charge in [-0.25, -0.2) is 19.6 Å². The second-order valence-electron chi connectivity index (χ2n) is 14.9. The van der Waals surface area contributed by atoms with Gasteiger partial charge < -0.3 is 44.6 Å². The molecule has 4 N–H and O–H groups in total. The number of nitrogens with two attached hydrogens (primary N) is 1. The lowest BCUT2D eigenvalue weighted by molar-refractivity contribution is -0.125. The van der Waals surface area contributed by atoms with Crippen molar-refractivity contribution in [2.45, 2.75) is 42.2 Å². The van der Waals surface area contributed by atoms with E-state index >= 15 is 0 Å². The summed E-state index contributed by atoms with van der Waals surface area (Å²) in [5, 5.41) is 16.7. The number of imidazole rings is 1. The highest BCUT2D eigenvalue weighted by atomic mass is 127. The van der Waals surface area contributed by atoms with Gasteiger partial charge in [0.15, 0.2) is 33.6 Å². The highest BCUT2D eigenvalue weighted by Gasteiger charge is 2.33. The Kier molecular flexibility index (Phi) is 17.4. The minimum Gasteiger partial charge on any atom is -0.486 e. The molecular formula is C45H44Cl2IN11O8S2.